The van der Waals surface area contributed by atoms with Crippen LogP contribution in [0.5, 0.6) is 5.75 Å². The molecule has 0 bridgehead atoms. The topological polar surface area (TPSA) is 64.4 Å². The molecule has 2 aromatic heterocycles. The second-order valence-electron chi connectivity index (χ2n) is 6.26. The van der Waals surface area contributed by atoms with Crippen LogP contribution < -0.4 is 10.1 Å². The lowest BCUT2D eigenvalue weighted by atomic mass is 10.0. The lowest BCUT2D eigenvalue weighted by molar-refractivity contribution is -0.137. The Morgan fingerprint density at radius 3 is 2.47 bits per heavy atom. The van der Waals surface area contributed by atoms with Crippen molar-refractivity contribution in [3.05, 3.63) is 63.9 Å². The van der Waals surface area contributed by atoms with Gasteiger partial charge in [0.25, 0.3) is 5.91 Å². The zero-order chi connectivity index (χ0) is 21.6. The Balaban J connectivity index is 1.94. The minimum absolute atomic E-state index is 0.0628. The van der Waals surface area contributed by atoms with E-state index in [9.17, 15) is 18.0 Å². The molecule has 0 atom stereocenters. The number of halogens is 5. The predicted octanol–water partition coefficient (Wildman–Crippen LogP) is 6.57. The number of methoxy groups -OCH3 is 1. The van der Waals surface area contributed by atoms with E-state index in [1.807, 2.05) is 0 Å². The van der Waals surface area contributed by atoms with Gasteiger partial charge in [-0.1, -0.05) is 23.2 Å². The first-order valence-electron chi connectivity index (χ1n) is 8.41. The number of alkyl halides is 3. The third-order valence-electron chi connectivity index (χ3n) is 4.47. The molecule has 0 radical (unpaired) electrons. The maximum atomic E-state index is 13.2. The molecular formula is C20H11Cl2F3N2O3. The molecule has 2 heterocycles. The van der Waals surface area contributed by atoms with Crippen molar-refractivity contribution in [2.75, 3.05) is 12.4 Å². The molecule has 154 valence electrons. The van der Waals surface area contributed by atoms with Crippen LogP contribution in [0, 0.1) is 0 Å². The number of nitrogens with zero attached hydrogens (tertiary/aromatic N) is 1. The monoisotopic (exact) mass is 454 g/mol. The second-order valence-corrected chi connectivity index (χ2v) is 7.08. The maximum absolute atomic E-state index is 13.2. The highest BCUT2D eigenvalue weighted by molar-refractivity contribution is 6.40. The molecule has 0 aliphatic carbocycles. The summed E-state index contributed by atoms with van der Waals surface area (Å²) in [6, 6.07) is 5.96. The second kappa shape index (κ2) is 7.37. The molecule has 5 nitrogen and oxygen atoms in total. The number of nitrogens with one attached hydrogen (secondary N) is 1. The van der Waals surface area contributed by atoms with Gasteiger partial charge in [-0.3, -0.25) is 9.78 Å². The third-order valence-corrected chi connectivity index (χ3v) is 5.04. The first-order valence-corrected chi connectivity index (χ1v) is 9.17. The van der Waals surface area contributed by atoms with Crippen molar-refractivity contribution in [1.82, 2.24) is 4.98 Å². The lowest BCUT2D eigenvalue weighted by Crippen LogP contribution is -2.13. The van der Waals surface area contributed by atoms with Crippen LogP contribution in [0.4, 0.5) is 18.9 Å². The number of benzene rings is 2. The first-order chi connectivity index (χ1) is 14.2. The Kier molecular flexibility index (Phi) is 4.99. The van der Waals surface area contributed by atoms with Crippen LogP contribution in [0.1, 0.15) is 15.9 Å². The molecule has 1 amide bonds. The van der Waals surface area contributed by atoms with Gasteiger partial charge in [-0.15, -0.1) is 0 Å². The van der Waals surface area contributed by atoms with E-state index in [2.05, 4.69) is 10.3 Å². The molecule has 0 aliphatic heterocycles. The van der Waals surface area contributed by atoms with Crippen LogP contribution in [0.25, 0.3) is 21.9 Å². The molecule has 10 heteroatoms. The van der Waals surface area contributed by atoms with Crippen molar-refractivity contribution in [2.45, 2.75) is 6.18 Å². The number of carbonyl (C=O) groups is 1. The van der Waals surface area contributed by atoms with E-state index >= 15 is 0 Å². The quantitative estimate of drug-likeness (QED) is 0.380. The Labute approximate surface area is 177 Å². The Morgan fingerprint density at radius 1 is 1.13 bits per heavy atom. The van der Waals surface area contributed by atoms with Crippen LogP contribution >= 0.6 is 23.2 Å². The largest absolute Gasteiger partial charge is 0.493 e. The van der Waals surface area contributed by atoms with Gasteiger partial charge < -0.3 is 14.5 Å². The average Bonchev–Trinajstić information content (AvgIpc) is 3.08. The van der Waals surface area contributed by atoms with Gasteiger partial charge in [0.15, 0.2) is 11.3 Å². The zero-order valence-electron chi connectivity index (χ0n) is 15.1. The number of furan rings is 1. The number of fused-ring (bicyclic) bond motifs is 3. The SMILES string of the molecule is COc1ccc(C(=O)Nc2c(Cl)cncc2Cl)c2c1oc1ccc(C(F)(F)F)cc12. The Morgan fingerprint density at radius 2 is 1.83 bits per heavy atom. The number of hydrogen-bond acceptors (Lipinski definition) is 4. The lowest BCUT2D eigenvalue weighted by Gasteiger charge is -2.11. The number of ether oxygens (including phenoxy) is 1. The van der Waals surface area contributed by atoms with Gasteiger partial charge in [0.1, 0.15) is 5.58 Å². The van der Waals surface area contributed by atoms with E-state index in [1.165, 1.54) is 37.7 Å². The van der Waals surface area contributed by atoms with Gasteiger partial charge in [-0.05, 0) is 30.3 Å². The van der Waals surface area contributed by atoms with Crippen molar-refractivity contribution < 1.29 is 27.1 Å². The Bertz CT molecular complexity index is 1280. The van der Waals surface area contributed by atoms with Crippen molar-refractivity contribution >= 4 is 56.7 Å². The number of aromatic nitrogens is 1. The van der Waals surface area contributed by atoms with E-state index in [4.69, 9.17) is 32.4 Å². The van der Waals surface area contributed by atoms with Crippen LogP contribution in [0.2, 0.25) is 10.0 Å². The molecular weight excluding hydrogens is 444 g/mol. The summed E-state index contributed by atoms with van der Waals surface area (Å²) in [6.07, 6.45) is -1.96. The average molecular weight is 455 g/mol. The fraction of sp³-hybridized carbons (Fsp3) is 0.100. The third kappa shape index (κ3) is 3.42. The van der Waals surface area contributed by atoms with Crippen LogP contribution in [-0.4, -0.2) is 18.0 Å². The van der Waals surface area contributed by atoms with Gasteiger partial charge in [-0.25, -0.2) is 0 Å². The molecule has 0 fully saturated rings. The van der Waals surface area contributed by atoms with Crippen LogP contribution in [0.3, 0.4) is 0 Å². The number of anilines is 1. The molecule has 0 unspecified atom stereocenters. The fourth-order valence-corrected chi connectivity index (χ4v) is 3.55. The highest BCUT2D eigenvalue weighted by Gasteiger charge is 2.31. The zero-order valence-corrected chi connectivity index (χ0v) is 16.6. The van der Waals surface area contributed by atoms with E-state index in [0.717, 1.165) is 12.1 Å². The van der Waals surface area contributed by atoms with Gasteiger partial charge in [0, 0.05) is 23.2 Å². The predicted molar refractivity (Wildman–Crippen MR) is 107 cm³/mol. The van der Waals surface area contributed by atoms with Gasteiger partial charge >= 0.3 is 6.18 Å². The van der Waals surface area contributed by atoms with E-state index in [0.29, 0.717) is 0 Å². The van der Waals surface area contributed by atoms with Crippen molar-refractivity contribution in [1.29, 1.82) is 0 Å². The van der Waals surface area contributed by atoms with E-state index in [-0.39, 0.29) is 49.0 Å². The molecule has 4 rings (SSSR count). The highest BCUT2D eigenvalue weighted by Crippen LogP contribution is 2.40. The summed E-state index contributed by atoms with van der Waals surface area (Å²) in [4.78, 5) is 16.8. The number of amides is 1. The van der Waals surface area contributed by atoms with E-state index in [1.54, 1.807) is 0 Å². The smallest absolute Gasteiger partial charge is 0.416 e. The Hall–Kier alpha value is -2.97. The normalized spacial score (nSPS) is 11.8. The summed E-state index contributed by atoms with van der Waals surface area (Å²) in [5, 5.41) is 3.09. The number of pyridine rings is 1. The van der Waals surface area contributed by atoms with Gasteiger partial charge in [0.2, 0.25) is 0 Å². The van der Waals surface area contributed by atoms with Gasteiger partial charge in [0.05, 0.1) is 34.0 Å². The summed E-state index contributed by atoms with van der Waals surface area (Å²) in [5.41, 5.74) is -0.353. The molecule has 4 aromatic rings. The van der Waals surface area contributed by atoms with Crippen molar-refractivity contribution in [3.63, 3.8) is 0 Å². The highest BCUT2D eigenvalue weighted by atomic mass is 35.5. The van der Waals surface area contributed by atoms with Gasteiger partial charge in [-0.2, -0.15) is 13.2 Å². The number of hydrogen-bond donors (Lipinski definition) is 1. The number of rotatable bonds is 3. The van der Waals surface area contributed by atoms with Crippen molar-refractivity contribution in [2.24, 2.45) is 0 Å². The summed E-state index contributed by atoms with van der Waals surface area (Å²) in [6.45, 7) is 0. The molecule has 0 saturated heterocycles. The van der Waals surface area contributed by atoms with Crippen LogP contribution in [-0.2, 0) is 6.18 Å². The van der Waals surface area contributed by atoms with Crippen molar-refractivity contribution in [3.8, 4) is 5.75 Å². The molecule has 0 spiro atoms. The van der Waals surface area contributed by atoms with E-state index < -0.39 is 17.6 Å². The first kappa shape index (κ1) is 20.3. The molecule has 0 saturated carbocycles. The minimum atomic E-state index is -4.56. The molecule has 2 aromatic carbocycles. The summed E-state index contributed by atoms with van der Waals surface area (Å²) < 4.78 is 50.6. The summed E-state index contributed by atoms with van der Waals surface area (Å²) in [5.74, 6) is -0.371. The standard InChI is InChI=1S/C20H11Cl2F3N2O3/c1-29-15-5-3-10(19(28)27-17-12(21)7-26-8-13(17)22)16-11-6-9(20(23,24)25)2-4-14(11)30-18(15)16/h2-8H,1H3,(H,26,27,28). The molecule has 0 aliphatic rings. The summed E-state index contributed by atoms with van der Waals surface area (Å²) in [7, 11) is 1.39. The summed E-state index contributed by atoms with van der Waals surface area (Å²) >= 11 is 12.1. The fourth-order valence-electron chi connectivity index (χ4n) is 3.09. The number of carbonyl (C=O) groups excluding carboxylic acids is 1. The minimum Gasteiger partial charge on any atom is -0.493 e. The maximum Gasteiger partial charge on any atom is 0.416 e. The molecule has 1 N–H and O–H groups in total. The van der Waals surface area contributed by atoms with Crippen LogP contribution in [0.15, 0.2) is 47.1 Å². The molecule has 30 heavy (non-hydrogen) atoms.